The van der Waals surface area contributed by atoms with Crippen molar-refractivity contribution in [3.63, 3.8) is 0 Å². The Kier molecular flexibility index (Phi) is 4.75. The zero-order valence-electron chi connectivity index (χ0n) is 12.0. The molecule has 0 amide bonds. The predicted molar refractivity (Wildman–Crippen MR) is 96.6 cm³/mol. The summed E-state index contributed by atoms with van der Waals surface area (Å²) in [6, 6.07) is 17.4. The van der Waals surface area contributed by atoms with Gasteiger partial charge in [-0.2, -0.15) is 0 Å². The molecule has 0 aliphatic carbocycles. The smallest absolute Gasteiger partial charge is 0.142 e. The van der Waals surface area contributed by atoms with E-state index in [4.69, 9.17) is 12.2 Å². The minimum Gasteiger partial charge on any atom is -0.508 e. The van der Waals surface area contributed by atoms with Gasteiger partial charge < -0.3 is 10.0 Å². The highest BCUT2D eigenvalue weighted by Gasteiger charge is 2.22. The van der Waals surface area contributed by atoms with Crippen LogP contribution in [-0.2, 0) is 5.75 Å². The Morgan fingerprint density at radius 2 is 1.86 bits per heavy atom. The number of thiocarbonyl (C=S) groups is 1. The molecule has 0 radical (unpaired) electrons. The number of hydrogen-bond acceptors (Lipinski definition) is 4. The number of phenols is 1. The lowest BCUT2D eigenvalue weighted by Gasteiger charge is -2.20. The number of nitrogens with zero attached hydrogens (tertiary/aromatic N) is 2. The highest BCUT2D eigenvalue weighted by Crippen LogP contribution is 2.22. The first-order valence-corrected chi connectivity index (χ1v) is 8.45. The highest BCUT2D eigenvalue weighted by atomic mass is 32.2. The van der Waals surface area contributed by atoms with E-state index in [9.17, 15) is 5.11 Å². The Morgan fingerprint density at radius 3 is 2.59 bits per heavy atom. The van der Waals surface area contributed by atoms with E-state index in [1.54, 1.807) is 23.9 Å². The third kappa shape index (κ3) is 3.48. The molecule has 112 valence electrons. The second-order valence-electron chi connectivity index (χ2n) is 4.94. The van der Waals surface area contributed by atoms with E-state index in [0.29, 0.717) is 0 Å². The molecular weight excluding hydrogens is 312 g/mol. The SMILES string of the molecule is Oc1ccc(C2=NCCN2C(=S)SCc2ccccc2)cc1. The van der Waals surface area contributed by atoms with Gasteiger partial charge in [0, 0.05) is 17.9 Å². The number of amidine groups is 1. The van der Waals surface area contributed by atoms with Crippen LogP contribution >= 0.6 is 24.0 Å². The Bertz CT molecular complexity index is 684. The molecule has 0 unspecified atom stereocenters. The number of thioether (sulfide) groups is 1. The van der Waals surface area contributed by atoms with Crippen LogP contribution < -0.4 is 0 Å². The molecule has 0 aromatic heterocycles. The van der Waals surface area contributed by atoms with Crippen molar-refractivity contribution in [1.82, 2.24) is 4.90 Å². The number of phenolic OH excluding ortho intramolecular Hbond substituents is 1. The fourth-order valence-electron chi connectivity index (χ4n) is 2.28. The number of rotatable bonds is 3. The monoisotopic (exact) mass is 328 g/mol. The first kappa shape index (κ1) is 15.1. The Hall–Kier alpha value is -1.85. The number of benzene rings is 2. The van der Waals surface area contributed by atoms with Crippen LogP contribution in [0.4, 0.5) is 0 Å². The molecule has 1 aliphatic rings. The topological polar surface area (TPSA) is 35.8 Å². The number of hydrogen-bond donors (Lipinski definition) is 1. The van der Waals surface area contributed by atoms with Gasteiger partial charge in [0.05, 0.1) is 6.54 Å². The van der Waals surface area contributed by atoms with Crippen molar-refractivity contribution in [2.45, 2.75) is 5.75 Å². The van der Waals surface area contributed by atoms with E-state index in [2.05, 4.69) is 22.0 Å². The maximum atomic E-state index is 9.40. The van der Waals surface area contributed by atoms with Crippen LogP contribution in [-0.4, -0.2) is 33.3 Å². The lowest BCUT2D eigenvalue weighted by Crippen LogP contribution is -2.31. The summed E-state index contributed by atoms with van der Waals surface area (Å²) in [6.07, 6.45) is 0. The molecule has 0 fully saturated rings. The molecule has 1 N–H and O–H groups in total. The van der Waals surface area contributed by atoms with Crippen LogP contribution in [0.25, 0.3) is 0 Å². The maximum absolute atomic E-state index is 9.40. The molecule has 1 heterocycles. The van der Waals surface area contributed by atoms with Crippen molar-refractivity contribution in [3.8, 4) is 5.75 Å². The summed E-state index contributed by atoms with van der Waals surface area (Å²) in [4.78, 5) is 6.63. The molecule has 5 heteroatoms. The van der Waals surface area contributed by atoms with Crippen LogP contribution in [0.2, 0.25) is 0 Å². The van der Waals surface area contributed by atoms with Gasteiger partial charge in [-0.25, -0.2) is 0 Å². The number of aliphatic imine (C=N–C) groups is 1. The lowest BCUT2D eigenvalue weighted by atomic mass is 10.2. The van der Waals surface area contributed by atoms with Crippen molar-refractivity contribution in [1.29, 1.82) is 0 Å². The summed E-state index contributed by atoms with van der Waals surface area (Å²) < 4.78 is 0.841. The van der Waals surface area contributed by atoms with E-state index in [0.717, 1.165) is 34.6 Å². The highest BCUT2D eigenvalue weighted by molar-refractivity contribution is 8.22. The number of aromatic hydroxyl groups is 1. The van der Waals surface area contributed by atoms with E-state index >= 15 is 0 Å². The third-order valence-electron chi connectivity index (χ3n) is 3.39. The van der Waals surface area contributed by atoms with Crippen LogP contribution in [0.5, 0.6) is 5.75 Å². The average molecular weight is 328 g/mol. The third-order valence-corrected chi connectivity index (χ3v) is 4.91. The summed E-state index contributed by atoms with van der Waals surface area (Å²) in [5, 5.41) is 9.40. The molecule has 3 rings (SSSR count). The van der Waals surface area contributed by atoms with Crippen molar-refractivity contribution in [2.75, 3.05) is 13.1 Å². The minimum atomic E-state index is 0.259. The summed E-state index contributed by atoms with van der Waals surface area (Å²) in [5.41, 5.74) is 2.25. The molecule has 0 saturated carbocycles. The Labute approximate surface area is 139 Å². The zero-order valence-corrected chi connectivity index (χ0v) is 13.6. The molecular formula is C17H16N2OS2. The largest absolute Gasteiger partial charge is 0.508 e. The maximum Gasteiger partial charge on any atom is 0.142 e. The van der Waals surface area contributed by atoms with Crippen LogP contribution in [0.15, 0.2) is 59.6 Å². The predicted octanol–water partition coefficient (Wildman–Crippen LogP) is 3.67. The van der Waals surface area contributed by atoms with E-state index in [1.807, 2.05) is 30.3 Å². The Balaban J connectivity index is 1.67. The molecule has 1 aliphatic heterocycles. The zero-order chi connectivity index (χ0) is 15.4. The second kappa shape index (κ2) is 6.94. The molecule has 2 aromatic carbocycles. The van der Waals surface area contributed by atoms with E-state index in [-0.39, 0.29) is 5.75 Å². The first-order chi connectivity index (χ1) is 10.7. The van der Waals surface area contributed by atoms with Crippen molar-refractivity contribution in [2.24, 2.45) is 4.99 Å². The van der Waals surface area contributed by atoms with Gasteiger partial charge in [-0.05, 0) is 29.8 Å². The van der Waals surface area contributed by atoms with Gasteiger partial charge in [-0.3, -0.25) is 4.99 Å². The van der Waals surface area contributed by atoms with Gasteiger partial charge >= 0.3 is 0 Å². The fourth-order valence-corrected chi connectivity index (χ4v) is 3.45. The van der Waals surface area contributed by atoms with Crippen molar-refractivity contribution in [3.05, 3.63) is 65.7 Å². The molecule has 3 nitrogen and oxygen atoms in total. The molecule has 0 bridgehead atoms. The molecule has 22 heavy (non-hydrogen) atoms. The van der Waals surface area contributed by atoms with Crippen LogP contribution in [0.1, 0.15) is 11.1 Å². The standard InChI is InChI=1S/C17H16N2OS2/c20-15-8-6-14(7-9-15)16-18-10-11-19(16)17(21)22-12-13-4-2-1-3-5-13/h1-9,20H,10-12H2. The Morgan fingerprint density at radius 1 is 1.14 bits per heavy atom. The van der Waals surface area contributed by atoms with Gasteiger partial charge in [0.1, 0.15) is 15.9 Å². The van der Waals surface area contributed by atoms with Gasteiger partial charge in [0.2, 0.25) is 0 Å². The summed E-state index contributed by atoms with van der Waals surface area (Å²) in [5.74, 6) is 2.01. The fraction of sp³-hybridized carbons (Fsp3) is 0.176. The van der Waals surface area contributed by atoms with Gasteiger partial charge in [0.25, 0.3) is 0 Å². The normalized spacial score (nSPS) is 14.0. The minimum absolute atomic E-state index is 0.259. The molecule has 0 saturated heterocycles. The quantitative estimate of drug-likeness (QED) is 0.872. The van der Waals surface area contributed by atoms with Gasteiger partial charge in [-0.15, -0.1) is 0 Å². The summed E-state index contributed by atoms with van der Waals surface area (Å²) in [6.45, 7) is 1.57. The van der Waals surface area contributed by atoms with Crippen LogP contribution in [0.3, 0.4) is 0 Å². The van der Waals surface area contributed by atoms with E-state index in [1.165, 1.54) is 5.56 Å². The molecule has 0 spiro atoms. The second-order valence-corrected chi connectivity index (χ2v) is 6.55. The average Bonchev–Trinajstić information content (AvgIpc) is 3.04. The first-order valence-electron chi connectivity index (χ1n) is 7.06. The summed E-state index contributed by atoms with van der Waals surface area (Å²) >= 11 is 7.23. The van der Waals surface area contributed by atoms with Crippen molar-refractivity contribution >= 4 is 34.1 Å². The summed E-state index contributed by atoms with van der Waals surface area (Å²) in [7, 11) is 0. The molecule has 2 aromatic rings. The van der Waals surface area contributed by atoms with E-state index < -0.39 is 0 Å². The van der Waals surface area contributed by atoms with Gasteiger partial charge in [-0.1, -0.05) is 54.3 Å². The lowest BCUT2D eigenvalue weighted by molar-refractivity contribution is 0.475. The van der Waals surface area contributed by atoms with Crippen molar-refractivity contribution < 1.29 is 5.11 Å². The van der Waals surface area contributed by atoms with Gasteiger partial charge in [0.15, 0.2) is 0 Å². The van der Waals surface area contributed by atoms with Crippen LogP contribution in [0, 0.1) is 0 Å². The molecule has 0 atom stereocenters.